The summed E-state index contributed by atoms with van der Waals surface area (Å²) in [7, 11) is 1.59. The second-order valence-corrected chi connectivity index (χ2v) is 7.77. The lowest BCUT2D eigenvalue weighted by molar-refractivity contribution is 0.0930. The summed E-state index contributed by atoms with van der Waals surface area (Å²) in [6.07, 6.45) is 6.68. The highest BCUT2D eigenvalue weighted by Crippen LogP contribution is 2.32. The Morgan fingerprint density at radius 2 is 1.70 bits per heavy atom. The van der Waals surface area contributed by atoms with E-state index >= 15 is 0 Å². The van der Waals surface area contributed by atoms with E-state index in [2.05, 4.69) is 15.6 Å². The zero-order valence-corrected chi connectivity index (χ0v) is 17.2. The van der Waals surface area contributed by atoms with Gasteiger partial charge in [0.1, 0.15) is 11.4 Å². The molecule has 1 saturated carbocycles. The molecule has 1 fully saturated rings. The highest BCUT2D eigenvalue weighted by Gasteiger charge is 2.23. The largest absolute Gasteiger partial charge is 0.497 e. The number of fused-ring (bicyclic) bond motifs is 1. The quantitative estimate of drug-likeness (QED) is 0.529. The minimum absolute atomic E-state index is 0.165. The van der Waals surface area contributed by atoms with Crippen LogP contribution in [0.15, 0.2) is 48.5 Å². The summed E-state index contributed by atoms with van der Waals surface area (Å²) < 4.78 is 5.34. The Balaban J connectivity index is 1.68. The molecule has 4 rings (SSSR count). The van der Waals surface area contributed by atoms with Crippen molar-refractivity contribution in [2.75, 3.05) is 12.4 Å². The van der Waals surface area contributed by atoms with Crippen molar-refractivity contribution < 1.29 is 14.3 Å². The van der Waals surface area contributed by atoms with Crippen LogP contribution in [0.5, 0.6) is 5.75 Å². The molecule has 0 aliphatic heterocycles. The lowest BCUT2D eigenvalue weighted by atomic mass is 10.1. The zero-order valence-electron chi connectivity index (χ0n) is 17.2. The summed E-state index contributed by atoms with van der Waals surface area (Å²) in [4.78, 5) is 29.2. The molecule has 3 N–H and O–H groups in total. The van der Waals surface area contributed by atoms with Crippen LogP contribution in [0, 0.1) is 0 Å². The van der Waals surface area contributed by atoms with Gasteiger partial charge in [-0.25, -0.2) is 0 Å². The Morgan fingerprint density at radius 1 is 0.967 bits per heavy atom. The van der Waals surface area contributed by atoms with Crippen LogP contribution in [-0.2, 0) is 0 Å². The second kappa shape index (κ2) is 9.03. The topological polar surface area (TPSA) is 83.2 Å². The Hall–Kier alpha value is -3.28. The maximum absolute atomic E-state index is 13.2. The van der Waals surface area contributed by atoms with Crippen LogP contribution in [-0.4, -0.2) is 29.9 Å². The lowest BCUT2D eigenvalue weighted by Crippen LogP contribution is -2.35. The molecule has 6 heteroatoms. The number of aromatic amines is 1. The van der Waals surface area contributed by atoms with Crippen LogP contribution in [0.25, 0.3) is 10.9 Å². The first kappa shape index (κ1) is 20.0. The highest BCUT2D eigenvalue weighted by molar-refractivity contribution is 6.15. The smallest absolute Gasteiger partial charge is 0.270 e. The molecule has 1 aliphatic carbocycles. The highest BCUT2D eigenvalue weighted by atomic mass is 16.5. The number of H-pyrrole nitrogens is 1. The minimum atomic E-state index is -0.261. The van der Waals surface area contributed by atoms with Gasteiger partial charge in [0.2, 0.25) is 0 Å². The average Bonchev–Trinajstić information content (AvgIpc) is 2.94. The fourth-order valence-electron chi connectivity index (χ4n) is 4.05. The number of methoxy groups -OCH3 is 1. The Labute approximate surface area is 176 Å². The summed E-state index contributed by atoms with van der Waals surface area (Å²) in [6, 6.07) is 14.7. The SMILES string of the molecule is COc1ccc2[nH]c(C(=O)NC3CCCCCC3)c(NC(=O)c3ccccc3)c2c1. The normalized spacial score (nSPS) is 14.8. The molecule has 2 amide bonds. The number of nitrogens with one attached hydrogen (secondary N) is 3. The molecule has 1 heterocycles. The molecule has 156 valence electrons. The molecule has 2 aromatic carbocycles. The Bertz CT molecular complexity index is 1030. The van der Waals surface area contributed by atoms with Gasteiger partial charge in [-0.05, 0) is 43.2 Å². The van der Waals surface area contributed by atoms with Crippen molar-refractivity contribution in [3.63, 3.8) is 0 Å². The molecular formula is C24H27N3O3. The average molecular weight is 405 g/mol. The predicted octanol–water partition coefficient (Wildman–Crippen LogP) is 4.88. The fourth-order valence-corrected chi connectivity index (χ4v) is 4.05. The molecule has 0 bridgehead atoms. The van der Waals surface area contributed by atoms with Crippen LogP contribution in [0.3, 0.4) is 0 Å². The van der Waals surface area contributed by atoms with Crippen LogP contribution < -0.4 is 15.4 Å². The van der Waals surface area contributed by atoms with Crippen LogP contribution in [0.4, 0.5) is 5.69 Å². The maximum atomic E-state index is 13.2. The number of ether oxygens (including phenoxy) is 1. The monoisotopic (exact) mass is 405 g/mol. The van der Waals surface area contributed by atoms with Crippen LogP contribution in [0.1, 0.15) is 59.4 Å². The van der Waals surface area contributed by atoms with Gasteiger partial charge in [0.25, 0.3) is 11.8 Å². The van der Waals surface area contributed by atoms with E-state index in [0.717, 1.165) is 36.6 Å². The summed E-state index contributed by atoms with van der Waals surface area (Å²) in [5, 5.41) is 6.85. The molecule has 0 spiro atoms. The standard InChI is InChI=1S/C24H27N3O3/c1-30-18-13-14-20-19(15-18)21(27-23(28)16-9-5-4-6-10-16)22(26-20)24(29)25-17-11-7-2-3-8-12-17/h4-6,9-10,13-15,17,26H,2-3,7-8,11-12H2,1H3,(H,25,29)(H,27,28). The Kier molecular flexibility index (Phi) is 6.02. The molecule has 1 aliphatic rings. The van der Waals surface area contributed by atoms with Crippen molar-refractivity contribution in [1.82, 2.24) is 10.3 Å². The third-order valence-electron chi connectivity index (χ3n) is 5.70. The van der Waals surface area contributed by atoms with E-state index in [9.17, 15) is 9.59 Å². The molecule has 3 aromatic rings. The van der Waals surface area contributed by atoms with Crippen molar-refractivity contribution in [1.29, 1.82) is 0 Å². The predicted molar refractivity (Wildman–Crippen MR) is 118 cm³/mol. The molecule has 6 nitrogen and oxygen atoms in total. The summed E-state index contributed by atoms with van der Waals surface area (Å²) in [5.41, 5.74) is 2.14. The van der Waals surface area contributed by atoms with Crippen molar-refractivity contribution in [2.24, 2.45) is 0 Å². The van der Waals surface area contributed by atoms with Crippen molar-refractivity contribution >= 4 is 28.4 Å². The maximum Gasteiger partial charge on any atom is 0.270 e. The Morgan fingerprint density at radius 3 is 2.40 bits per heavy atom. The number of carbonyl (C=O) groups excluding carboxylic acids is 2. The van der Waals surface area contributed by atoms with Gasteiger partial charge in [0, 0.05) is 22.5 Å². The zero-order chi connectivity index (χ0) is 20.9. The third-order valence-corrected chi connectivity index (χ3v) is 5.70. The number of hydrogen-bond donors (Lipinski definition) is 3. The van der Waals surface area contributed by atoms with Gasteiger partial charge in [0.15, 0.2) is 0 Å². The fraction of sp³-hybridized carbons (Fsp3) is 0.333. The number of carbonyl (C=O) groups is 2. The first-order valence-electron chi connectivity index (χ1n) is 10.5. The minimum Gasteiger partial charge on any atom is -0.497 e. The number of benzene rings is 2. The van der Waals surface area contributed by atoms with Crippen molar-refractivity contribution in [3.05, 3.63) is 59.8 Å². The first-order valence-corrected chi connectivity index (χ1v) is 10.5. The number of amides is 2. The van der Waals surface area contributed by atoms with Crippen LogP contribution in [0.2, 0.25) is 0 Å². The summed E-state index contributed by atoms with van der Waals surface area (Å²) in [5.74, 6) is 0.204. The van der Waals surface area contributed by atoms with Crippen molar-refractivity contribution in [2.45, 2.75) is 44.6 Å². The van der Waals surface area contributed by atoms with E-state index in [-0.39, 0.29) is 17.9 Å². The summed E-state index contributed by atoms with van der Waals surface area (Å²) >= 11 is 0. The summed E-state index contributed by atoms with van der Waals surface area (Å²) in [6.45, 7) is 0. The molecule has 1 aromatic heterocycles. The molecule has 0 atom stereocenters. The number of anilines is 1. The van der Waals surface area contributed by atoms with E-state index in [1.807, 2.05) is 36.4 Å². The van der Waals surface area contributed by atoms with Crippen molar-refractivity contribution in [3.8, 4) is 5.75 Å². The van der Waals surface area contributed by atoms with Gasteiger partial charge in [-0.1, -0.05) is 43.9 Å². The van der Waals surface area contributed by atoms with Gasteiger partial charge < -0.3 is 20.4 Å². The first-order chi connectivity index (χ1) is 14.7. The lowest BCUT2D eigenvalue weighted by Gasteiger charge is -2.16. The second-order valence-electron chi connectivity index (χ2n) is 7.77. The number of aromatic nitrogens is 1. The van der Waals surface area contributed by atoms with Gasteiger partial charge >= 0.3 is 0 Å². The molecule has 0 radical (unpaired) electrons. The van der Waals surface area contributed by atoms with Crippen LogP contribution >= 0.6 is 0 Å². The van der Waals surface area contributed by atoms with Gasteiger partial charge in [-0.2, -0.15) is 0 Å². The van der Waals surface area contributed by atoms with Gasteiger partial charge in [0.05, 0.1) is 12.8 Å². The molecule has 30 heavy (non-hydrogen) atoms. The molecule has 0 saturated heterocycles. The number of rotatable bonds is 5. The number of hydrogen-bond acceptors (Lipinski definition) is 3. The van der Waals surface area contributed by atoms with Gasteiger partial charge in [-0.3, -0.25) is 9.59 Å². The molecule has 0 unspecified atom stereocenters. The molecular weight excluding hydrogens is 378 g/mol. The van der Waals surface area contributed by atoms with E-state index < -0.39 is 0 Å². The van der Waals surface area contributed by atoms with E-state index in [4.69, 9.17) is 4.74 Å². The van der Waals surface area contributed by atoms with Gasteiger partial charge in [-0.15, -0.1) is 0 Å². The third kappa shape index (κ3) is 4.32. The van der Waals surface area contributed by atoms with E-state index in [1.54, 1.807) is 19.2 Å². The van der Waals surface area contributed by atoms with E-state index in [1.165, 1.54) is 12.8 Å². The van der Waals surface area contributed by atoms with E-state index in [0.29, 0.717) is 22.7 Å².